The minimum absolute atomic E-state index is 0.0336. The number of amides is 1. The minimum Gasteiger partial charge on any atom is -0.313 e. The van der Waals surface area contributed by atoms with E-state index in [2.05, 4.69) is 0 Å². The third-order valence-corrected chi connectivity index (χ3v) is 5.68. The maximum atomic E-state index is 12.5. The first-order valence-electron chi connectivity index (χ1n) is 6.37. The van der Waals surface area contributed by atoms with E-state index in [-0.39, 0.29) is 10.7 Å². The lowest BCUT2D eigenvalue weighted by atomic mass is 10.0. The molecule has 1 spiro atoms. The summed E-state index contributed by atoms with van der Waals surface area (Å²) in [6.07, 6.45) is 0. The van der Waals surface area contributed by atoms with E-state index in [1.807, 2.05) is 49.3 Å². The molecule has 5 heteroatoms. The number of likely N-dealkylation sites (N-methyl/N-ethyl adjacent to an activating group) is 1. The van der Waals surface area contributed by atoms with Gasteiger partial charge in [-0.3, -0.25) is 4.79 Å². The van der Waals surface area contributed by atoms with E-state index in [4.69, 9.17) is 0 Å². The predicted molar refractivity (Wildman–Crippen MR) is 76.1 cm³/mol. The van der Waals surface area contributed by atoms with Crippen molar-refractivity contribution in [2.24, 2.45) is 0 Å². The smallest absolute Gasteiger partial charge is 0.254 e. The van der Waals surface area contributed by atoms with Gasteiger partial charge in [-0.2, -0.15) is 0 Å². The molecule has 102 valence electrons. The van der Waals surface area contributed by atoms with Crippen LogP contribution in [0.1, 0.15) is 26.3 Å². The number of hydrogen-bond donors (Lipinski definition) is 0. The van der Waals surface area contributed by atoms with Crippen LogP contribution in [-0.4, -0.2) is 32.8 Å². The monoisotopic (exact) mass is 278 g/mol. The number of fused-ring (bicyclic) bond motifs is 2. The van der Waals surface area contributed by atoms with Gasteiger partial charge in [0, 0.05) is 24.8 Å². The summed E-state index contributed by atoms with van der Waals surface area (Å²) in [6.45, 7) is 6.36. The van der Waals surface area contributed by atoms with Crippen LogP contribution >= 0.6 is 0 Å². The third-order valence-electron chi connectivity index (χ3n) is 3.79. The van der Waals surface area contributed by atoms with Gasteiger partial charge in [-0.25, -0.2) is 8.51 Å². The molecular weight excluding hydrogens is 260 g/mol. The Morgan fingerprint density at radius 1 is 1.26 bits per heavy atom. The van der Waals surface area contributed by atoms with E-state index in [1.165, 1.54) is 0 Å². The van der Waals surface area contributed by atoms with Crippen LogP contribution in [0.25, 0.3) is 0 Å². The van der Waals surface area contributed by atoms with Gasteiger partial charge in [0.25, 0.3) is 5.91 Å². The zero-order chi connectivity index (χ0) is 14.0. The SMILES string of the molecule is CN1C(=O)[C@@]2(CN2S(=O)C(C)(C)C)c2ccccc21. The van der Waals surface area contributed by atoms with Crippen molar-refractivity contribution < 1.29 is 9.00 Å². The molecule has 3 rings (SSSR count). The fraction of sp³-hybridized carbons (Fsp3) is 0.500. The van der Waals surface area contributed by atoms with Crippen LogP contribution in [0.5, 0.6) is 0 Å². The maximum Gasteiger partial charge on any atom is 0.254 e. The first-order chi connectivity index (χ1) is 8.80. The normalized spacial score (nSPS) is 30.6. The molecule has 2 aliphatic heterocycles. The Morgan fingerprint density at radius 2 is 1.89 bits per heavy atom. The Labute approximate surface area is 116 Å². The molecule has 2 heterocycles. The second-order valence-corrected chi connectivity index (χ2v) is 8.30. The first kappa shape index (κ1) is 12.8. The third kappa shape index (κ3) is 1.55. The molecule has 0 radical (unpaired) electrons. The maximum absolute atomic E-state index is 12.5. The number of rotatable bonds is 1. The molecule has 4 nitrogen and oxygen atoms in total. The number of carbonyl (C=O) groups is 1. The van der Waals surface area contributed by atoms with E-state index in [9.17, 15) is 9.00 Å². The van der Waals surface area contributed by atoms with Crippen LogP contribution < -0.4 is 4.90 Å². The Balaban J connectivity index is 2.05. The molecule has 1 fully saturated rings. The van der Waals surface area contributed by atoms with Crippen molar-refractivity contribution in [3.8, 4) is 0 Å². The molecule has 19 heavy (non-hydrogen) atoms. The number of carbonyl (C=O) groups excluding carboxylic acids is 1. The van der Waals surface area contributed by atoms with Gasteiger partial charge in [-0.15, -0.1) is 0 Å². The number of hydrogen-bond acceptors (Lipinski definition) is 2. The van der Waals surface area contributed by atoms with E-state index in [0.717, 1.165) is 11.3 Å². The summed E-state index contributed by atoms with van der Waals surface area (Å²) < 4.78 is 14.0. The average Bonchev–Trinajstić information content (AvgIpc) is 3.07. The van der Waals surface area contributed by atoms with E-state index >= 15 is 0 Å². The second kappa shape index (κ2) is 3.67. The van der Waals surface area contributed by atoms with Crippen LogP contribution in [0.2, 0.25) is 0 Å². The Kier molecular flexibility index (Phi) is 2.48. The number of para-hydroxylation sites is 1. The fourth-order valence-electron chi connectivity index (χ4n) is 2.71. The van der Waals surface area contributed by atoms with Gasteiger partial charge in [0.2, 0.25) is 0 Å². The summed E-state index contributed by atoms with van der Waals surface area (Å²) in [5, 5.41) is 0. The molecule has 3 atom stereocenters. The standard InChI is InChI=1S/C14H18N2O2S/c1-13(2,3)19(18)16-9-14(16)10-7-5-6-8-11(10)15(4)12(14)17/h5-8H,9H2,1-4H3/t14-,16?,19?/m1/s1. The fourth-order valence-corrected chi connectivity index (χ4v) is 4.14. The Morgan fingerprint density at radius 3 is 2.53 bits per heavy atom. The van der Waals surface area contributed by atoms with Crippen LogP contribution in [-0.2, 0) is 21.3 Å². The molecular formula is C14H18N2O2S. The molecule has 2 unspecified atom stereocenters. The van der Waals surface area contributed by atoms with Gasteiger partial charge in [0.15, 0.2) is 5.54 Å². The van der Waals surface area contributed by atoms with Gasteiger partial charge >= 0.3 is 0 Å². The van der Waals surface area contributed by atoms with Gasteiger partial charge in [0.05, 0.1) is 4.75 Å². The van der Waals surface area contributed by atoms with Crippen molar-refractivity contribution in [3.63, 3.8) is 0 Å². The zero-order valence-electron chi connectivity index (χ0n) is 11.6. The number of nitrogens with zero attached hydrogens (tertiary/aromatic N) is 2. The summed E-state index contributed by atoms with van der Waals surface area (Å²) in [4.78, 5) is 14.2. The van der Waals surface area contributed by atoms with E-state index < -0.39 is 16.5 Å². The minimum atomic E-state index is -1.16. The van der Waals surface area contributed by atoms with Crippen LogP contribution in [0.3, 0.4) is 0 Å². The highest BCUT2D eigenvalue weighted by Gasteiger charge is 2.68. The summed E-state index contributed by atoms with van der Waals surface area (Å²) in [5.41, 5.74) is 1.24. The number of anilines is 1. The summed E-state index contributed by atoms with van der Waals surface area (Å²) >= 11 is 0. The van der Waals surface area contributed by atoms with Crippen LogP contribution in [0, 0.1) is 0 Å². The molecule has 0 bridgehead atoms. The van der Waals surface area contributed by atoms with Crippen molar-refractivity contribution in [1.29, 1.82) is 0 Å². The molecule has 2 aliphatic rings. The molecule has 1 aromatic carbocycles. The molecule has 1 amide bonds. The summed E-state index contributed by atoms with van der Waals surface area (Å²) in [5.74, 6) is 0.0336. The average molecular weight is 278 g/mol. The topological polar surface area (TPSA) is 40.4 Å². The quantitative estimate of drug-likeness (QED) is 0.733. The van der Waals surface area contributed by atoms with Crippen molar-refractivity contribution in [2.75, 3.05) is 18.5 Å². The van der Waals surface area contributed by atoms with Gasteiger partial charge in [-0.05, 0) is 26.8 Å². The van der Waals surface area contributed by atoms with Gasteiger partial charge in [0.1, 0.15) is 11.0 Å². The highest BCUT2D eigenvalue weighted by Crippen LogP contribution is 2.54. The lowest BCUT2D eigenvalue weighted by Gasteiger charge is -2.20. The van der Waals surface area contributed by atoms with Gasteiger partial charge in [-0.1, -0.05) is 18.2 Å². The van der Waals surface area contributed by atoms with Crippen molar-refractivity contribution in [2.45, 2.75) is 31.1 Å². The highest BCUT2D eigenvalue weighted by molar-refractivity contribution is 7.84. The molecule has 0 N–H and O–H groups in total. The summed E-state index contributed by atoms with van der Waals surface area (Å²) in [7, 11) is 0.620. The predicted octanol–water partition coefficient (Wildman–Crippen LogP) is 1.64. The van der Waals surface area contributed by atoms with E-state index in [0.29, 0.717) is 6.54 Å². The zero-order valence-corrected chi connectivity index (χ0v) is 12.5. The van der Waals surface area contributed by atoms with Crippen molar-refractivity contribution >= 4 is 22.6 Å². The van der Waals surface area contributed by atoms with Crippen LogP contribution in [0.15, 0.2) is 24.3 Å². The summed E-state index contributed by atoms with van der Waals surface area (Å²) in [6, 6.07) is 7.77. The van der Waals surface area contributed by atoms with E-state index in [1.54, 1.807) is 11.9 Å². The molecule has 0 saturated carbocycles. The lowest BCUT2D eigenvalue weighted by Crippen LogP contribution is -2.36. The highest BCUT2D eigenvalue weighted by atomic mass is 32.2. The second-order valence-electron chi connectivity index (χ2n) is 6.14. The number of benzene rings is 1. The lowest BCUT2D eigenvalue weighted by molar-refractivity contribution is -0.120. The molecule has 1 aromatic rings. The Bertz CT molecular complexity index is 593. The van der Waals surface area contributed by atoms with Crippen LogP contribution in [0.4, 0.5) is 5.69 Å². The van der Waals surface area contributed by atoms with Crippen molar-refractivity contribution in [3.05, 3.63) is 29.8 Å². The Hall–Kier alpha value is -1.20. The molecule has 0 aliphatic carbocycles. The van der Waals surface area contributed by atoms with Gasteiger partial charge < -0.3 is 4.90 Å². The first-order valence-corrected chi connectivity index (χ1v) is 7.48. The molecule has 1 saturated heterocycles. The van der Waals surface area contributed by atoms with Crippen molar-refractivity contribution in [1.82, 2.24) is 4.31 Å². The largest absolute Gasteiger partial charge is 0.313 e. The molecule has 0 aromatic heterocycles.